The first-order chi connectivity index (χ1) is 9.01. The van der Waals surface area contributed by atoms with Gasteiger partial charge in [0.05, 0.1) is 16.8 Å². The normalized spacial score (nSPS) is 9.95. The number of hydrogen-bond acceptors (Lipinski definition) is 4. The second-order valence-electron chi connectivity index (χ2n) is 4.20. The average Bonchev–Trinajstić information content (AvgIpc) is 2.70. The minimum Gasteiger partial charge on any atom is -0.466 e. The molecule has 0 saturated heterocycles. The lowest BCUT2D eigenvalue weighted by molar-refractivity contribution is 0.102. The summed E-state index contributed by atoms with van der Waals surface area (Å²) in [5.74, 6) is 0.903. The van der Waals surface area contributed by atoms with Crippen molar-refractivity contribution in [1.29, 1.82) is 5.26 Å². The number of carbonyl (C=O) groups excluding carboxylic acids is 1. The molecular weight excluding hydrogens is 242 g/mol. The van der Waals surface area contributed by atoms with Crippen LogP contribution in [0.3, 0.4) is 0 Å². The van der Waals surface area contributed by atoms with Crippen molar-refractivity contribution < 1.29 is 9.21 Å². The predicted molar refractivity (Wildman–Crippen MR) is 71.7 cm³/mol. The fraction of sp³-hybridized carbons (Fsp3) is 0.143. The van der Waals surface area contributed by atoms with Gasteiger partial charge in [-0.05, 0) is 38.1 Å². The largest absolute Gasteiger partial charge is 0.466 e. The van der Waals surface area contributed by atoms with E-state index in [0.29, 0.717) is 34.0 Å². The summed E-state index contributed by atoms with van der Waals surface area (Å²) in [6.45, 7) is 3.49. The standard InChI is InChI=1S/C14H13N3O2/c1-8-5-12(9(2)19-8)14(18)17-13-4-3-11(16)6-10(13)7-15/h3-6H,16H2,1-2H3,(H,17,18). The molecule has 0 fully saturated rings. The Morgan fingerprint density at radius 2 is 2.11 bits per heavy atom. The monoisotopic (exact) mass is 255 g/mol. The third-order valence-corrected chi connectivity index (χ3v) is 2.70. The Balaban J connectivity index is 2.29. The Bertz CT molecular complexity index is 680. The van der Waals surface area contributed by atoms with Crippen LogP contribution in [0.5, 0.6) is 0 Å². The summed E-state index contributed by atoms with van der Waals surface area (Å²) in [7, 11) is 0. The van der Waals surface area contributed by atoms with E-state index in [0.717, 1.165) is 0 Å². The molecule has 5 heteroatoms. The molecule has 0 aliphatic carbocycles. The molecule has 19 heavy (non-hydrogen) atoms. The quantitative estimate of drug-likeness (QED) is 0.807. The number of nitriles is 1. The molecule has 1 amide bonds. The highest BCUT2D eigenvalue weighted by molar-refractivity contribution is 6.05. The number of benzene rings is 1. The van der Waals surface area contributed by atoms with Crippen LogP contribution >= 0.6 is 0 Å². The summed E-state index contributed by atoms with van der Waals surface area (Å²) in [4.78, 5) is 12.1. The summed E-state index contributed by atoms with van der Waals surface area (Å²) in [6, 6.07) is 8.41. The molecule has 0 aliphatic heterocycles. The number of nitrogens with two attached hydrogens (primary N) is 1. The van der Waals surface area contributed by atoms with Crippen molar-refractivity contribution in [2.75, 3.05) is 11.1 Å². The highest BCUT2D eigenvalue weighted by atomic mass is 16.3. The van der Waals surface area contributed by atoms with Crippen LogP contribution in [0.15, 0.2) is 28.7 Å². The molecule has 2 aromatic rings. The lowest BCUT2D eigenvalue weighted by Crippen LogP contribution is -2.13. The minimum atomic E-state index is -0.310. The number of carbonyl (C=O) groups is 1. The van der Waals surface area contributed by atoms with Gasteiger partial charge < -0.3 is 15.5 Å². The van der Waals surface area contributed by atoms with Crippen molar-refractivity contribution in [2.24, 2.45) is 0 Å². The van der Waals surface area contributed by atoms with Crippen LogP contribution in [0.25, 0.3) is 0 Å². The first-order valence-electron chi connectivity index (χ1n) is 5.69. The lowest BCUT2D eigenvalue weighted by Gasteiger charge is -2.06. The molecule has 3 N–H and O–H groups in total. The molecule has 96 valence electrons. The second kappa shape index (κ2) is 4.86. The maximum atomic E-state index is 12.1. The van der Waals surface area contributed by atoms with Gasteiger partial charge in [0.15, 0.2) is 0 Å². The SMILES string of the molecule is Cc1cc(C(=O)Nc2ccc(N)cc2C#N)c(C)o1. The lowest BCUT2D eigenvalue weighted by atomic mass is 10.1. The third kappa shape index (κ3) is 2.58. The summed E-state index contributed by atoms with van der Waals surface area (Å²) >= 11 is 0. The number of furan rings is 1. The van der Waals surface area contributed by atoms with Crippen LogP contribution in [-0.2, 0) is 0 Å². The summed E-state index contributed by atoms with van der Waals surface area (Å²) in [5.41, 5.74) is 7.28. The number of amides is 1. The molecule has 0 saturated carbocycles. The van der Waals surface area contributed by atoms with E-state index in [9.17, 15) is 4.79 Å². The maximum Gasteiger partial charge on any atom is 0.259 e. The Morgan fingerprint density at radius 1 is 1.37 bits per heavy atom. The number of aryl methyl sites for hydroxylation is 2. The van der Waals surface area contributed by atoms with Crippen LogP contribution in [0.4, 0.5) is 11.4 Å². The van der Waals surface area contributed by atoms with Crippen molar-refractivity contribution in [3.8, 4) is 6.07 Å². The Labute approximate surface area is 110 Å². The van der Waals surface area contributed by atoms with Crippen LogP contribution in [0.1, 0.15) is 27.4 Å². The first-order valence-corrected chi connectivity index (χ1v) is 5.69. The fourth-order valence-electron chi connectivity index (χ4n) is 1.81. The van der Waals surface area contributed by atoms with E-state index < -0.39 is 0 Å². The molecule has 0 unspecified atom stereocenters. The Kier molecular flexibility index (Phi) is 3.25. The van der Waals surface area contributed by atoms with E-state index in [4.69, 9.17) is 15.4 Å². The van der Waals surface area contributed by atoms with Gasteiger partial charge in [0.1, 0.15) is 17.6 Å². The molecule has 2 rings (SSSR count). The number of nitrogens with one attached hydrogen (secondary N) is 1. The van der Waals surface area contributed by atoms with Gasteiger partial charge in [-0.2, -0.15) is 5.26 Å². The molecule has 0 atom stereocenters. The maximum absolute atomic E-state index is 12.1. The third-order valence-electron chi connectivity index (χ3n) is 2.70. The van der Waals surface area contributed by atoms with Crippen molar-refractivity contribution >= 4 is 17.3 Å². The fourth-order valence-corrected chi connectivity index (χ4v) is 1.81. The molecule has 0 bridgehead atoms. The molecule has 0 radical (unpaired) electrons. The number of nitrogens with zero attached hydrogens (tertiary/aromatic N) is 1. The predicted octanol–water partition coefficient (Wildman–Crippen LogP) is 2.60. The molecule has 0 aliphatic rings. The Hall–Kier alpha value is -2.74. The molecular formula is C14H13N3O2. The van der Waals surface area contributed by atoms with Crippen molar-refractivity contribution in [1.82, 2.24) is 0 Å². The summed E-state index contributed by atoms with van der Waals surface area (Å²) in [6.07, 6.45) is 0. The average molecular weight is 255 g/mol. The van der Waals surface area contributed by atoms with Gasteiger partial charge in [-0.25, -0.2) is 0 Å². The summed E-state index contributed by atoms with van der Waals surface area (Å²) < 4.78 is 5.30. The van der Waals surface area contributed by atoms with E-state index in [2.05, 4.69) is 5.32 Å². The number of hydrogen-bond donors (Lipinski definition) is 2. The first kappa shape index (κ1) is 12.7. The van der Waals surface area contributed by atoms with Gasteiger partial charge in [-0.1, -0.05) is 0 Å². The molecule has 1 aromatic heterocycles. The van der Waals surface area contributed by atoms with E-state index in [-0.39, 0.29) is 5.91 Å². The van der Waals surface area contributed by atoms with Crippen LogP contribution in [-0.4, -0.2) is 5.91 Å². The Morgan fingerprint density at radius 3 is 2.68 bits per heavy atom. The number of nitrogen functional groups attached to an aromatic ring is 1. The highest BCUT2D eigenvalue weighted by Gasteiger charge is 2.15. The molecule has 5 nitrogen and oxygen atoms in total. The van der Waals surface area contributed by atoms with Gasteiger partial charge in [-0.3, -0.25) is 4.79 Å². The molecule has 0 spiro atoms. The van der Waals surface area contributed by atoms with Crippen molar-refractivity contribution in [2.45, 2.75) is 13.8 Å². The van der Waals surface area contributed by atoms with E-state index in [1.54, 1.807) is 32.0 Å². The molecule has 1 aromatic carbocycles. The van der Waals surface area contributed by atoms with Crippen LogP contribution < -0.4 is 11.1 Å². The second-order valence-corrected chi connectivity index (χ2v) is 4.20. The molecule has 1 heterocycles. The van der Waals surface area contributed by atoms with Gasteiger partial charge in [0, 0.05) is 5.69 Å². The zero-order valence-corrected chi connectivity index (χ0v) is 10.7. The van der Waals surface area contributed by atoms with Crippen LogP contribution in [0, 0.1) is 25.2 Å². The smallest absolute Gasteiger partial charge is 0.259 e. The zero-order valence-electron chi connectivity index (χ0n) is 10.7. The van der Waals surface area contributed by atoms with E-state index in [1.807, 2.05) is 6.07 Å². The topological polar surface area (TPSA) is 92.0 Å². The van der Waals surface area contributed by atoms with Crippen molar-refractivity contribution in [3.05, 3.63) is 46.9 Å². The number of rotatable bonds is 2. The van der Waals surface area contributed by atoms with E-state index >= 15 is 0 Å². The van der Waals surface area contributed by atoms with Crippen molar-refractivity contribution in [3.63, 3.8) is 0 Å². The van der Waals surface area contributed by atoms with Gasteiger partial charge >= 0.3 is 0 Å². The van der Waals surface area contributed by atoms with Gasteiger partial charge in [0.25, 0.3) is 5.91 Å². The highest BCUT2D eigenvalue weighted by Crippen LogP contribution is 2.20. The van der Waals surface area contributed by atoms with Gasteiger partial charge in [0.2, 0.25) is 0 Å². The number of anilines is 2. The van der Waals surface area contributed by atoms with Crippen LogP contribution in [0.2, 0.25) is 0 Å². The van der Waals surface area contributed by atoms with Gasteiger partial charge in [-0.15, -0.1) is 0 Å². The zero-order chi connectivity index (χ0) is 14.0. The summed E-state index contributed by atoms with van der Waals surface area (Å²) in [5, 5.41) is 11.7. The minimum absolute atomic E-state index is 0.310. The van der Waals surface area contributed by atoms with E-state index in [1.165, 1.54) is 6.07 Å².